The average Bonchev–Trinajstić information content (AvgIpc) is 2.46. The summed E-state index contributed by atoms with van der Waals surface area (Å²) in [6.45, 7) is 0.0903. The van der Waals surface area contributed by atoms with Crippen LogP contribution in [0.25, 0.3) is 0 Å². The number of carbonyl (C=O) groups excluding carboxylic acids is 1. The maximum absolute atomic E-state index is 13.0. The highest BCUT2D eigenvalue weighted by Crippen LogP contribution is 2.25. The number of rotatable bonds is 4. The summed E-state index contributed by atoms with van der Waals surface area (Å²) in [7, 11) is 1.27. The van der Waals surface area contributed by atoms with Gasteiger partial charge in [0.25, 0.3) is 0 Å². The molecule has 0 unspecified atom stereocenters. The van der Waals surface area contributed by atoms with Gasteiger partial charge < -0.3 is 15.2 Å². The summed E-state index contributed by atoms with van der Waals surface area (Å²) in [6, 6.07) is 8.65. The van der Waals surface area contributed by atoms with Gasteiger partial charge in [0.15, 0.2) is 0 Å². The first kappa shape index (κ1) is 15.1. The summed E-state index contributed by atoms with van der Waals surface area (Å²) < 4.78 is 23.2. The normalized spacial score (nSPS) is 10.2. The van der Waals surface area contributed by atoms with E-state index in [0.29, 0.717) is 17.0 Å². The molecule has 0 spiro atoms. The number of hydrogen-bond donors (Lipinski definition) is 1. The minimum Gasteiger partial charge on any atom is -0.488 e. The van der Waals surface area contributed by atoms with E-state index >= 15 is 0 Å². The second kappa shape index (κ2) is 6.45. The molecule has 110 valence electrons. The molecular formula is C15H13ClFNO3. The fraction of sp³-hybridized carbons (Fsp3) is 0.133. The van der Waals surface area contributed by atoms with E-state index in [9.17, 15) is 9.18 Å². The van der Waals surface area contributed by atoms with Crippen molar-refractivity contribution in [1.29, 1.82) is 0 Å². The van der Waals surface area contributed by atoms with Crippen LogP contribution >= 0.6 is 11.6 Å². The molecule has 0 fully saturated rings. The summed E-state index contributed by atoms with van der Waals surface area (Å²) in [6.07, 6.45) is 0. The monoisotopic (exact) mass is 309 g/mol. The third-order valence-corrected chi connectivity index (χ3v) is 3.16. The van der Waals surface area contributed by atoms with Crippen LogP contribution in [0.2, 0.25) is 5.02 Å². The highest BCUT2D eigenvalue weighted by atomic mass is 35.5. The van der Waals surface area contributed by atoms with E-state index in [1.165, 1.54) is 31.4 Å². The Morgan fingerprint density at radius 2 is 2.05 bits per heavy atom. The van der Waals surface area contributed by atoms with Crippen LogP contribution in [0.5, 0.6) is 5.75 Å². The molecule has 2 aromatic rings. The van der Waals surface area contributed by atoms with Crippen LogP contribution in [-0.4, -0.2) is 13.1 Å². The van der Waals surface area contributed by atoms with E-state index in [0.717, 1.165) is 0 Å². The lowest BCUT2D eigenvalue weighted by molar-refractivity contribution is 0.0595. The molecule has 2 N–H and O–H groups in total. The van der Waals surface area contributed by atoms with Crippen molar-refractivity contribution in [3.05, 3.63) is 58.4 Å². The highest BCUT2D eigenvalue weighted by Gasteiger charge is 2.14. The predicted molar refractivity (Wildman–Crippen MR) is 77.9 cm³/mol. The zero-order chi connectivity index (χ0) is 15.4. The van der Waals surface area contributed by atoms with E-state index in [1.807, 2.05) is 0 Å². The van der Waals surface area contributed by atoms with E-state index in [1.54, 1.807) is 12.1 Å². The van der Waals surface area contributed by atoms with Crippen LogP contribution in [0.4, 0.5) is 10.1 Å². The van der Waals surface area contributed by atoms with Gasteiger partial charge in [-0.2, -0.15) is 0 Å². The van der Waals surface area contributed by atoms with Crippen molar-refractivity contribution in [2.45, 2.75) is 6.61 Å². The van der Waals surface area contributed by atoms with Crippen molar-refractivity contribution in [2.75, 3.05) is 12.8 Å². The van der Waals surface area contributed by atoms with Crippen LogP contribution in [0.15, 0.2) is 36.4 Å². The van der Waals surface area contributed by atoms with Gasteiger partial charge in [0.1, 0.15) is 23.7 Å². The van der Waals surface area contributed by atoms with Crippen LogP contribution in [0, 0.1) is 5.82 Å². The van der Waals surface area contributed by atoms with Crippen molar-refractivity contribution in [3.63, 3.8) is 0 Å². The standard InChI is InChI=1S/C15H13ClFNO3/c1-20-15(19)12-7-11(18)4-5-14(12)21-8-9-2-3-10(17)6-13(9)16/h2-7H,8,18H2,1H3. The topological polar surface area (TPSA) is 61.5 Å². The number of benzene rings is 2. The van der Waals surface area contributed by atoms with E-state index in [2.05, 4.69) is 4.74 Å². The van der Waals surface area contributed by atoms with E-state index in [4.69, 9.17) is 22.1 Å². The molecule has 0 heterocycles. The van der Waals surface area contributed by atoms with E-state index in [-0.39, 0.29) is 17.2 Å². The minimum absolute atomic E-state index is 0.0903. The number of carbonyl (C=O) groups is 1. The third kappa shape index (κ3) is 3.64. The number of hydrogen-bond acceptors (Lipinski definition) is 4. The van der Waals surface area contributed by atoms with Gasteiger partial charge in [0.2, 0.25) is 0 Å². The summed E-state index contributed by atoms with van der Waals surface area (Å²) in [5, 5.41) is 0.255. The second-order valence-electron chi connectivity index (χ2n) is 4.27. The van der Waals surface area contributed by atoms with E-state index < -0.39 is 11.8 Å². The SMILES string of the molecule is COC(=O)c1cc(N)ccc1OCc1ccc(F)cc1Cl. The molecule has 21 heavy (non-hydrogen) atoms. The van der Waals surface area contributed by atoms with Gasteiger partial charge >= 0.3 is 5.97 Å². The molecule has 2 rings (SSSR count). The van der Waals surface area contributed by atoms with Gasteiger partial charge in [0, 0.05) is 11.3 Å². The molecule has 0 amide bonds. The number of halogens is 2. The van der Waals surface area contributed by atoms with Crippen molar-refractivity contribution < 1.29 is 18.7 Å². The van der Waals surface area contributed by atoms with Gasteiger partial charge in [-0.25, -0.2) is 9.18 Å². The van der Waals surface area contributed by atoms with Crippen molar-refractivity contribution >= 4 is 23.3 Å². The maximum Gasteiger partial charge on any atom is 0.341 e. The zero-order valence-corrected chi connectivity index (χ0v) is 12.0. The van der Waals surface area contributed by atoms with Gasteiger partial charge in [-0.05, 0) is 30.3 Å². The highest BCUT2D eigenvalue weighted by molar-refractivity contribution is 6.31. The van der Waals surface area contributed by atoms with Crippen LogP contribution in [0.1, 0.15) is 15.9 Å². The lowest BCUT2D eigenvalue weighted by Gasteiger charge is -2.12. The average molecular weight is 310 g/mol. The molecular weight excluding hydrogens is 297 g/mol. The molecule has 0 bridgehead atoms. The third-order valence-electron chi connectivity index (χ3n) is 2.81. The van der Waals surface area contributed by atoms with Crippen LogP contribution < -0.4 is 10.5 Å². The quantitative estimate of drug-likeness (QED) is 0.694. The van der Waals surface area contributed by atoms with Gasteiger partial charge in [0.05, 0.1) is 12.1 Å². The first-order valence-corrected chi connectivity index (χ1v) is 6.43. The molecule has 0 atom stereocenters. The summed E-state index contributed by atoms with van der Waals surface area (Å²) in [5.41, 5.74) is 6.88. The van der Waals surface area contributed by atoms with Crippen LogP contribution in [-0.2, 0) is 11.3 Å². The lowest BCUT2D eigenvalue weighted by atomic mass is 10.1. The Bertz CT molecular complexity index is 676. The maximum atomic E-state index is 13.0. The largest absolute Gasteiger partial charge is 0.488 e. The predicted octanol–water partition coefficient (Wildman–Crippen LogP) is 3.43. The zero-order valence-electron chi connectivity index (χ0n) is 11.2. The first-order valence-electron chi connectivity index (χ1n) is 6.06. The van der Waals surface area contributed by atoms with Gasteiger partial charge in [-0.1, -0.05) is 17.7 Å². The molecule has 6 heteroatoms. The fourth-order valence-electron chi connectivity index (χ4n) is 1.74. The Morgan fingerprint density at radius 3 is 2.71 bits per heavy atom. The second-order valence-corrected chi connectivity index (χ2v) is 4.68. The number of anilines is 1. The Balaban J connectivity index is 2.21. The molecule has 0 saturated carbocycles. The molecule has 0 aliphatic heterocycles. The van der Waals surface area contributed by atoms with Crippen molar-refractivity contribution in [1.82, 2.24) is 0 Å². The molecule has 0 aliphatic carbocycles. The molecule has 0 radical (unpaired) electrons. The smallest absolute Gasteiger partial charge is 0.341 e. The van der Waals surface area contributed by atoms with Gasteiger partial charge in [-0.15, -0.1) is 0 Å². The minimum atomic E-state index is -0.553. The Morgan fingerprint density at radius 1 is 1.29 bits per heavy atom. The number of nitrogen functional groups attached to an aromatic ring is 1. The number of esters is 1. The van der Waals surface area contributed by atoms with Crippen molar-refractivity contribution in [2.24, 2.45) is 0 Å². The summed E-state index contributed by atoms with van der Waals surface area (Å²) in [5.74, 6) is -0.662. The fourth-order valence-corrected chi connectivity index (χ4v) is 1.96. The molecule has 2 aromatic carbocycles. The summed E-state index contributed by atoms with van der Waals surface area (Å²) >= 11 is 5.92. The van der Waals surface area contributed by atoms with Crippen molar-refractivity contribution in [3.8, 4) is 5.75 Å². The van der Waals surface area contributed by atoms with Crippen LogP contribution in [0.3, 0.4) is 0 Å². The lowest BCUT2D eigenvalue weighted by Crippen LogP contribution is -2.07. The number of methoxy groups -OCH3 is 1. The Labute approximate surface area is 126 Å². The first-order chi connectivity index (χ1) is 10.0. The Kier molecular flexibility index (Phi) is 4.65. The number of nitrogens with two attached hydrogens (primary N) is 1. The summed E-state index contributed by atoms with van der Waals surface area (Å²) in [4.78, 5) is 11.7. The van der Waals surface area contributed by atoms with Gasteiger partial charge in [-0.3, -0.25) is 0 Å². The number of ether oxygens (including phenoxy) is 2. The molecule has 0 saturated heterocycles. The molecule has 4 nitrogen and oxygen atoms in total. The molecule has 0 aromatic heterocycles. The molecule has 0 aliphatic rings. The Hall–Kier alpha value is -2.27.